The minimum absolute atomic E-state index is 0.0159. The van der Waals surface area contributed by atoms with E-state index in [0.29, 0.717) is 19.4 Å². The van der Waals surface area contributed by atoms with Gasteiger partial charge in [0.15, 0.2) is 0 Å². The maximum atomic E-state index is 11.8. The Balaban J connectivity index is 2.17. The van der Waals surface area contributed by atoms with Crippen LogP contribution in [0.5, 0.6) is 0 Å². The number of imide groups is 1. The van der Waals surface area contributed by atoms with Crippen LogP contribution in [0.2, 0.25) is 0 Å². The van der Waals surface area contributed by atoms with Crippen molar-refractivity contribution in [3.63, 3.8) is 0 Å². The molecule has 1 fully saturated rings. The number of hydrogen-bond donors (Lipinski definition) is 1. The van der Waals surface area contributed by atoms with Crippen LogP contribution in [0.15, 0.2) is 24.3 Å². The molecule has 0 aliphatic carbocycles. The Morgan fingerprint density at radius 1 is 1.20 bits per heavy atom. The first-order chi connectivity index (χ1) is 9.63. The molecule has 1 heterocycles. The van der Waals surface area contributed by atoms with E-state index in [-0.39, 0.29) is 17.9 Å². The van der Waals surface area contributed by atoms with Crippen molar-refractivity contribution in [2.75, 3.05) is 13.1 Å². The smallest absolute Gasteiger partial charge is 0.229 e. The topological polar surface area (TPSA) is 49.4 Å². The van der Waals surface area contributed by atoms with Crippen LogP contribution < -0.4 is 5.32 Å². The summed E-state index contributed by atoms with van der Waals surface area (Å²) in [5.74, 6) is -0.0984. The van der Waals surface area contributed by atoms with Gasteiger partial charge in [-0.2, -0.15) is 0 Å². The van der Waals surface area contributed by atoms with Crippen LogP contribution in [0.4, 0.5) is 0 Å². The summed E-state index contributed by atoms with van der Waals surface area (Å²) in [5.41, 5.74) is 2.34. The molecule has 0 spiro atoms. The molecule has 20 heavy (non-hydrogen) atoms. The Labute approximate surface area is 120 Å². The highest BCUT2D eigenvalue weighted by atomic mass is 16.2. The third-order valence-electron chi connectivity index (χ3n) is 3.72. The van der Waals surface area contributed by atoms with Crippen molar-refractivity contribution < 1.29 is 9.59 Å². The molecule has 2 amide bonds. The van der Waals surface area contributed by atoms with Crippen molar-refractivity contribution in [1.82, 2.24) is 10.2 Å². The number of nitrogens with zero attached hydrogens (tertiary/aromatic N) is 1. The largest absolute Gasteiger partial charge is 0.308 e. The second-order valence-corrected chi connectivity index (χ2v) is 5.26. The van der Waals surface area contributed by atoms with Crippen molar-refractivity contribution in [3.05, 3.63) is 35.4 Å². The van der Waals surface area contributed by atoms with E-state index in [2.05, 4.69) is 31.3 Å². The molecule has 1 aromatic carbocycles. The molecule has 1 N–H and O–H groups in total. The van der Waals surface area contributed by atoms with Gasteiger partial charge in [0.2, 0.25) is 11.8 Å². The van der Waals surface area contributed by atoms with Gasteiger partial charge >= 0.3 is 0 Å². The summed E-state index contributed by atoms with van der Waals surface area (Å²) in [6.45, 7) is 5.47. The number of hydrogen-bond acceptors (Lipinski definition) is 3. The zero-order valence-electron chi connectivity index (χ0n) is 12.2. The number of amides is 2. The van der Waals surface area contributed by atoms with E-state index < -0.39 is 0 Å². The van der Waals surface area contributed by atoms with Gasteiger partial charge in [-0.15, -0.1) is 0 Å². The van der Waals surface area contributed by atoms with Crippen LogP contribution in [0.25, 0.3) is 0 Å². The molecule has 4 nitrogen and oxygen atoms in total. The van der Waals surface area contributed by atoms with E-state index in [1.165, 1.54) is 10.5 Å². The summed E-state index contributed by atoms with van der Waals surface area (Å²) in [6, 6.07) is 8.14. The number of likely N-dealkylation sites (tertiary alicyclic amines) is 1. The first-order valence-electron chi connectivity index (χ1n) is 7.25. The number of aryl methyl sites for hydroxylation is 1. The fourth-order valence-corrected chi connectivity index (χ4v) is 2.58. The monoisotopic (exact) mass is 274 g/mol. The van der Waals surface area contributed by atoms with E-state index in [1.807, 2.05) is 12.1 Å². The number of rotatable bonds is 6. The van der Waals surface area contributed by atoms with Crippen molar-refractivity contribution in [2.45, 2.75) is 39.2 Å². The maximum absolute atomic E-state index is 11.8. The van der Waals surface area contributed by atoms with Crippen LogP contribution >= 0.6 is 0 Å². The molecular formula is C16H22N2O2. The summed E-state index contributed by atoms with van der Waals surface area (Å²) in [6.07, 6.45) is 1.73. The fourth-order valence-electron chi connectivity index (χ4n) is 2.58. The Hall–Kier alpha value is -1.68. The number of carbonyl (C=O) groups excluding carboxylic acids is 2. The molecule has 2 rings (SSSR count). The van der Waals surface area contributed by atoms with Crippen molar-refractivity contribution >= 4 is 11.8 Å². The SMILES string of the molecule is CCCNC(CN1C(=O)CCC1=O)c1ccccc1C. The van der Waals surface area contributed by atoms with Crippen molar-refractivity contribution in [1.29, 1.82) is 0 Å². The van der Waals surface area contributed by atoms with Crippen molar-refractivity contribution in [3.8, 4) is 0 Å². The Morgan fingerprint density at radius 3 is 2.45 bits per heavy atom. The third-order valence-corrected chi connectivity index (χ3v) is 3.72. The van der Waals surface area contributed by atoms with E-state index in [0.717, 1.165) is 18.5 Å². The average molecular weight is 274 g/mol. The van der Waals surface area contributed by atoms with Crippen LogP contribution in [-0.4, -0.2) is 29.8 Å². The number of carbonyl (C=O) groups is 2. The number of nitrogens with one attached hydrogen (secondary N) is 1. The van der Waals surface area contributed by atoms with E-state index in [1.54, 1.807) is 0 Å². The second kappa shape index (κ2) is 6.66. The molecule has 0 radical (unpaired) electrons. The van der Waals surface area contributed by atoms with Gasteiger partial charge in [0, 0.05) is 19.4 Å². The molecule has 0 aromatic heterocycles. The molecule has 1 saturated heterocycles. The summed E-state index contributed by atoms with van der Waals surface area (Å²) in [4.78, 5) is 25.0. The average Bonchev–Trinajstić information content (AvgIpc) is 2.75. The predicted molar refractivity (Wildman–Crippen MR) is 78.2 cm³/mol. The highest BCUT2D eigenvalue weighted by Gasteiger charge is 2.31. The van der Waals surface area contributed by atoms with Gasteiger partial charge in [0.1, 0.15) is 0 Å². The van der Waals surface area contributed by atoms with Crippen molar-refractivity contribution in [2.24, 2.45) is 0 Å². The molecule has 1 aromatic rings. The van der Waals surface area contributed by atoms with E-state index in [9.17, 15) is 9.59 Å². The molecule has 1 unspecified atom stereocenters. The lowest BCUT2D eigenvalue weighted by Gasteiger charge is -2.25. The summed E-state index contributed by atoms with van der Waals surface area (Å²) >= 11 is 0. The molecule has 0 bridgehead atoms. The minimum Gasteiger partial charge on any atom is -0.308 e. The molecule has 1 aliphatic heterocycles. The fraction of sp³-hybridized carbons (Fsp3) is 0.500. The first-order valence-corrected chi connectivity index (χ1v) is 7.25. The summed E-state index contributed by atoms with van der Waals surface area (Å²) < 4.78 is 0. The molecule has 4 heteroatoms. The van der Waals surface area contributed by atoms with Gasteiger partial charge in [-0.05, 0) is 31.0 Å². The van der Waals surface area contributed by atoms with Crippen LogP contribution in [0.3, 0.4) is 0 Å². The van der Waals surface area contributed by atoms with Crippen LogP contribution in [-0.2, 0) is 9.59 Å². The van der Waals surface area contributed by atoms with Gasteiger partial charge in [-0.25, -0.2) is 0 Å². The van der Waals surface area contributed by atoms with Crippen LogP contribution in [0.1, 0.15) is 43.4 Å². The Kier molecular flexibility index (Phi) is 4.90. The summed E-state index contributed by atoms with van der Waals surface area (Å²) in [5, 5.41) is 3.45. The quantitative estimate of drug-likeness (QED) is 0.809. The molecule has 1 aliphatic rings. The highest BCUT2D eigenvalue weighted by molar-refractivity contribution is 6.01. The third kappa shape index (κ3) is 3.25. The lowest BCUT2D eigenvalue weighted by Crippen LogP contribution is -2.38. The minimum atomic E-state index is -0.0492. The number of benzene rings is 1. The standard InChI is InChI=1S/C16H22N2O2/c1-3-10-17-14(13-7-5-4-6-12(13)2)11-18-15(19)8-9-16(18)20/h4-7,14,17H,3,8-11H2,1-2H3. The first kappa shape index (κ1) is 14.7. The lowest BCUT2D eigenvalue weighted by atomic mass is 10.0. The van der Waals surface area contributed by atoms with Gasteiger partial charge in [-0.1, -0.05) is 31.2 Å². The van der Waals surface area contributed by atoms with Crippen LogP contribution in [0, 0.1) is 6.92 Å². The zero-order chi connectivity index (χ0) is 14.5. The molecule has 1 atom stereocenters. The Bertz CT molecular complexity index is 483. The molecular weight excluding hydrogens is 252 g/mol. The second-order valence-electron chi connectivity index (χ2n) is 5.26. The molecule has 0 saturated carbocycles. The van der Waals surface area contributed by atoms with Gasteiger partial charge < -0.3 is 5.32 Å². The maximum Gasteiger partial charge on any atom is 0.229 e. The zero-order valence-corrected chi connectivity index (χ0v) is 12.2. The highest BCUT2D eigenvalue weighted by Crippen LogP contribution is 2.22. The van der Waals surface area contributed by atoms with E-state index in [4.69, 9.17) is 0 Å². The molecule has 108 valence electrons. The van der Waals surface area contributed by atoms with E-state index >= 15 is 0 Å². The van der Waals surface area contributed by atoms with Gasteiger partial charge in [-0.3, -0.25) is 14.5 Å². The van der Waals surface area contributed by atoms with Gasteiger partial charge in [0.05, 0.1) is 6.04 Å². The summed E-state index contributed by atoms with van der Waals surface area (Å²) in [7, 11) is 0. The predicted octanol–water partition coefficient (Wildman–Crippen LogP) is 2.18. The van der Waals surface area contributed by atoms with Gasteiger partial charge in [0.25, 0.3) is 0 Å². The Morgan fingerprint density at radius 2 is 1.85 bits per heavy atom. The lowest BCUT2D eigenvalue weighted by molar-refractivity contribution is -0.138. The normalized spacial score (nSPS) is 16.8.